The van der Waals surface area contributed by atoms with Crippen LogP contribution in [0.4, 0.5) is 0 Å². The predicted molar refractivity (Wildman–Crippen MR) is 137 cm³/mol. The minimum absolute atomic E-state index is 0.0559. The van der Waals surface area contributed by atoms with Crippen LogP contribution in [0.25, 0.3) is 0 Å². The van der Waals surface area contributed by atoms with Crippen molar-refractivity contribution in [3.05, 3.63) is 11.6 Å². The van der Waals surface area contributed by atoms with Gasteiger partial charge in [-0.15, -0.1) is 0 Å². The lowest BCUT2D eigenvalue weighted by Gasteiger charge is -2.61. The van der Waals surface area contributed by atoms with Gasteiger partial charge in [-0.2, -0.15) is 0 Å². The summed E-state index contributed by atoms with van der Waals surface area (Å²) in [6.07, 6.45) is 6.99. The van der Waals surface area contributed by atoms with E-state index >= 15 is 0 Å². The van der Waals surface area contributed by atoms with Gasteiger partial charge in [-0.1, -0.05) is 47.5 Å². The molecule has 4 fully saturated rings. The fourth-order valence-electron chi connectivity index (χ4n) is 9.41. The Morgan fingerprint density at radius 1 is 1.17 bits per heavy atom. The quantitative estimate of drug-likeness (QED) is 0.270. The summed E-state index contributed by atoms with van der Waals surface area (Å²) in [5, 5.41) is 33.6. The van der Waals surface area contributed by atoms with E-state index in [9.17, 15) is 20.1 Å². The lowest BCUT2D eigenvalue weighted by molar-refractivity contribution is -0.237. The Balaban J connectivity index is 1.51. The van der Waals surface area contributed by atoms with Gasteiger partial charge in [0, 0.05) is 13.3 Å². The van der Waals surface area contributed by atoms with Gasteiger partial charge >= 0.3 is 5.97 Å². The Hall–Kier alpha value is -0.950. The van der Waals surface area contributed by atoms with Crippen molar-refractivity contribution in [2.45, 2.75) is 122 Å². The maximum absolute atomic E-state index is 12.1. The summed E-state index contributed by atoms with van der Waals surface area (Å²) in [5.74, 6) is 2.46. The molecule has 36 heavy (non-hydrogen) atoms. The van der Waals surface area contributed by atoms with Gasteiger partial charge in [0.1, 0.15) is 17.3 Å². The molecule has 0 aromatic carbocycles. The lowest BCUT2D eigenvalue weighted by Crippen LogP contribution is -2.72. The summed E-state index contributed by atoms with van der Waals surface area (Å²) in [7, 11) is 0. The summed E-state index contributed by atoms with van der Waals surface area (Å²) in [4.78, 5) is 12.1. The van der Waals surface area contributed by atoms with E-state index in [1.165, 1.54) is 26.2 Å². The standard InChI is InChI=1S/C30H48O6/c1-17(2)18(3)7-8-19(4)22-9-10-23-24-13-25(35-20(5)32)29(34)14-21(33)11-12-28(29,16-31)30(24)26(36-30)15-27(22,23)6/h13,17-19,21-23,25-26,31,33-34H,7-12,14-16H2,1-6H3. The first-order valence-corrected chi connectivity index (χ1v) is 14.4. The molecule has 1 saturated heterocycles. The normalized spacial score (nSPS) is 48.7. The van der Waals surface area contributed by atoms with Crippen LogP contribution in [0, 0.1) is 40.4 Å². The second-order valence-corrected chi connectivity index (χ2v) is 13.8. The van der Waals surface area contributed by atoms with Gasteiger partial charge in [0.05, 0.1) is 24.2 Å². The molecule has 1 aliphatic heterocycles. The van der Waals surface area contributed by atoms with Gasteiger partial charge in [0.25, 0.3) is 0 Å². The number of rotatable bonds is 7. The minimum atomic E-state index is -1.56. The van der Waals surface area contributed by atoms with Crippen LogP contribution in [0.15, 0.2) is 11.6 Å². The highest BCUT2D eigenvalue weighted by Gasteiger charge is 2.83. The second kappa shape index (κ2) is 8.79. The zero-order chi connectivity index (χ0) is 26.3. The SMILES string of the molecule is CC(=O)OC1C=C2C3CCC(C(C)CCC(C)C(C)C)C3(C)CC3OC23C2(CO)CCC(O)CC12O. The first kappa shape index (κ1) is 26.6. The van der Waals surface area contributed by atoms with Crippen LogP contribution in [-0.4, -0.2) is 57.4 Å². The van der Waals surface area contributed by atoms with Gasteiger partial charge in [-0.3, -0.25) is 4.79 Å². The molecule has 0 aromatic heterocycles. The highest BCUT2D eigenvalue weighted by molar-refractivity contribution is 5.67. The number of epoxide rings is 1. The molecule has 1 heterocycles. The van der Waals surface area contributed by atoms with Gasteiger partial charge in [-0.05, 0) is 78.8 Å². The highest BCUT2D eigenvalue weighted by Crippen LogP contribution is 2.76. The van der Waals surface area contributed by atoms with E-state index < -0.39 is 34.8 Å². The van der Waals surface area contributed by atoms with Crippen molar-refractivity contribution in [2.75, 3.05) is 6.61 Å². The molecule has 4 aliphatic carbocycles. The van der Waals surface area contributed by atoms with E-state index in [0.717, 1.165) is 24.3 Å². The van der Waals surface area contributed by atoms with Crippen molar-refractivity contribution in [1.29, 1.82) is 0 Å². The van der Waals surface area contributed by atoms with Crippen molar-refractivity contribution in [2.24, 2.45) is 40.4 Å². The number of fused-ring (bicyclic) bond motifs is 3. The first-order valence-electron chi connectivity index (χ1n) is 14.4. The molecular formula is C30H48O6. The molecule has 0 amide bonds. The number of esters is 1. The molecule has 204 valence electrons. The summed E-state index contributed by atoms with van der Waals surface area (Å²) in [6, 6.07) is 0. The zero-order valence-electron chi connectivity index (χ0n) is 23.1. The number of hydrogen-bond donors (Lipinski definition) is 3. The molecule has 0 aromatic rings. The van der Waals surface area contributed by atoms with Crippen LogP contribution in [0.1, 0.15) is 92.9 Å². The highest BCUT2D eigenvalue weighted by atomic mass is 16.6. The maximum Gasteiger partial charge on any atom is 0.303 e. The number of ether oxygens (including phenoxy) is 2. The molecule has 3 saturated carbocycles. The van der Waals surface area contributed by atoms with Crippen molar-refractivity contribution in [3.63, 3.8) is 0 Å². The summed E-state index contributed by atoms with van der Waals surface area (Å²) in [6.45, 7) is 12.9. The molecule has 5 aliphatic rings. The number of carbonyl (C=O) groups excluding carboxylic acids is 1. The molecule has 0 bridgehead atoms. The van der Waals surface area contributed by atoms with E-state index in [2.05, 4.69) is 34.6 Å². The lowest BCUT2D eigenvalue weighted by atomic mass is 9.44. The average Bonchev–Trinajstić information content (AvgIpc) is 3.41. The van der Waals surface area contributed by atoms with E-state index in [4.69, 9.17) is 9.47 Å². The molecule has 6 heteroatoms. The Morgan fingerprint density at radius 2 is 1.89 bits per heavy atom. The molecule has 5 rings (SSSR count). The molecule has 6 nitrogen and oxygen atoms in total. The summed E-state index contributed by atoms with van der Waals surface area (Å²) >= 11 is 0. The minimum Gasteiger partial charge on any atom is -0.455 e. The van der Waals surface area contributed by atoms with Gasteiger partial charge in [0.2, 0.25) is 0 Å². The first-order chi connectivity index (χ1) is 16.9. The molecule has 1 spiro atoms. The van der Waals surface area contributed by atoms with Crippen LogP contribution in [0.5, 0.6) is 0 Å². The van der Waals surface area contributed by atoms with Gasteiger partial charge in [-0.25, -0.2) is 0 Å². The van der Waals surface area contributed by atoms with Crippen molar-refractivity contribution >= 4 is 5.97 Å². The second-order valence-electron chi connectivity index (χ2n) is 13.8. The molecule has 11 atom stereocenters. The Labute approximate surface area is 216 Å². The van der Waals surface area contributed by atoms with Crippen LogP contribution in [0.3, 0.4) is 0 Å². The molecule has 11 unspecified atom stereocenters. The van der Waals surface area contributed by atoms with Crippen LogP contribution < -0.4 is 0 Å². The number of carbonyl (C=O) groups is 1. The van der Waals surface area contributed by atoms with Gasteiger partial charge in [0.15, 0.2) is 0 Å². The number of aliphatic hydroxyl groups is 3. The molecule has 0 radical (unpaired) electrons. The monoisotopic (exact) mass is 504 g/mol. The zero-order valence-corrected chi connectivity index (χ0v) is 23.1. The number of aliphatic hydroxyl groups excluding tert-OH is 2. The predicted octanol–water partition coefficient (Wildman–Crippen LogP) is 4.39. The third-order valence-corrected chi connectivity index (χ3v) is 11.8. The fourth-order valence-corrected chi connectivity index (χ4v) is 9.41. The number of hydrogen-bond acceptors (Lipinski definition) is 6. The van der Waals surface area contributed by atoms with Crippen LogP contribution in [0.2, 0.25) is 0 Å². The fraction of sp³-hybridized carbons (Fsp3) is 0.900. The van der Waals surface area contributed by atoms with Crippen LogP contribution >= 0.6 is 0 Å². The van der Waals surface area contributed by atoms with Crippen molar-refractivity contribution < 1.29 is 29.6 Å². The topological polar surface area (TPSA) is 99.5 Å². The molecular weight excluding hydrogens is 456 g/mol. The van der Waals surface area contributed by atoms with E-state index in [1.54, 1.807) is 0 Å². The third-order valence-electron chi connectivity index (χ3n) is 11.8. The Bertz CT molecular complexity index is 915. The summed E-state index contributed by atoms with van der Waals surface area (Å²) in [5.41, 5.74) is -2.03. The van der Waals surface area contributed by atoms with Crippen LogP contribution in [-0.2, 0) is 14.3 Å². The van der Waals surface area contributed by atoms with Crippen molar-refractivity contribution in [3.8, 4) is 0 Å². The Kier molecular flexibility index (Phi) is 6.51. The maximum atomic E-state index is 12.1. The molecule has 3 N–H and O–H groups in total. The van der Waals surface area contributed by atoms with E-state index in [-0.39, 0.29) is 30.5 Å². The largest absolute Gasteiger partial charge is 0.455 e. The third kappa shape index (κ3) is 3.46. The van der Waals surface area contributed by atoms with Gasteiger partial charge < -0.3 is 24.8 Å². The summed E-state index contributed by atoms with van der Waals surface area (Å²) < 4.78 is 12.4. The smallest absolute Gasteiger partial charge is 0.303 e. The average molecular weight is 505 g/mol. The van der Waals surface area contributed by atoms with E-state index in [0.29, 0.717) is 30.6 Å². The Morgan fingerprint density at radius 3 is 2.53 bits per heavy atom. The van der Waals surface area contributed by atoms with Crippen molar-refractivity contribution in [1.82, 2.24) is 0 Å². The van der Waals surface area contributed by atoms with E-state index in [1.807, 2.05) is 6.08 Å².